The molecule has 0 aliphatic heterocycles. The van der Waals surface area contributed by atoms with Gasteiger partial charge in [-0.1, -0.05) is 43.2 Å². The highest BCUT2D eigenvalue weighted by molar-refractivity contribution is 5.98. The van der Waals surface area contributed by atoms with Crippen LogP contribution in [0.3, 0.4) is 0 Å². The molecule has 1 saturated carbocycles. The number of fused-ring (bicyclic) bond motifs is 1. The molecule has 0 bridgehead atoms. The molecule has 0 spiro atoms. The second kappa shape index (κ2) is 6.99. The van der Waals surface area contributed by atoms with E-state index in [1.807, 2.05) is 36.4 Å². The molecule has 26 heavy (non-hydrogen) atoms. The van der Waals surface area contributed by atoms with Gasteiger partial charge in [-0.05, 0) is 55.7 Å². The molecule has 3 aromatic rings. The number of hydrogen-bond donors (Lipinski definition) is 0. The topological polar surface area (TPSA) is 31.2 Å². The van der Waals surface area contributed by atoms with Crippen LogP contribution in [-0.4, -0.2) is 17.0 Å². The largest absolute Gasteiger partial charge is 0.485 e. The molecule has 1 fully saturated rings. The van der Waals surface area contributed by atoms with Gasteiger partial charge in [0, 0.05) is 23.0 Å². The van der Waals surface area contributed by atoms with Crippen LogP contribution in [0.2, 0.25) is 0 Å². The normalized spacial score (nSPS) is 14.8. The van der Waals surface area contributed by atoms with Crippen molar-refractivity contribution in [2.24, 2.45) is 0 Å². The summed E-state index contributed by atoms with van der Waals surface area (Å²) in [4.78, 5) is 12.7. The highest BCUT2D eigenvalue weighted by Crippen LogP contribution is 2.33. The Hall–Kier alpha value is -2.55. The Kier molecular flexibility index (Phi) is 4.54. The summed E-state index contributed by atoms with van der Waals surface area (Å²) in [6.45, 7) is 4.24. The average molecular weight is 347 g/mol. The first-order valence-corrected chi connectivity index (χ1v) is 9.47. The second-order valence-corrected chi connectivity index (χ2v) is 7.31. The van der Waals surface area contributed by atoms with E-state index < -0.39 is 0 Å². The van der Waals surface area contributed by atoms with Crippen LogP contribution in [-0.2, 0) is 0 Å². The Morgan fingerprint density at radius 2 is 1.77 bits per heavy atom. The standard InChI is InChI=1S/C23H25NO2/c1-16-13-22(17(2)24(16)20-9-5-6-10-20)23(25)15-26-21-12-11-18-7-3-4-8-19(18)14-21/h3-4,7-8,11-14,20H,5-6,9-10,15H2,1-2H3. The number of ether oxygens (including phenoxy) is 1. The van der Waals surface area contributed by atoms with Crippen LogP contribution >= 0.6 is 0 Å². The molecular formula is C23H25NO2. The van der Waals surface area contributed by atoms with E-state index in [-0.39, 0.29) is 12.4 Å². The summed E-state index contributed by atoms with van der Waals surface area (Å²) in [5, 5.41) is 2.29. The molecule has 0 N–H and O–H groups in total. The molecule has 134 valence electrons. The van der Waals surface area contributed by atoms with Gasteiger partial charge in [0.15, 0.2) is 6.61 Å². The van der Waals surface area contributed by atoms with Crippen molar-refractivity contribution in [2.75, 3.05) is 6.61 Å². The predicted molar refractivity (Wildman–Crippen MR) is 105 cm³/mol. The zero-order valence-corrected chi connectivity index (χ0v) is 15.5. The number of carbonyl (C=O) groups is 1. The van der Waals surface area contributed by atoms with Crippen LogP contribution in [0, 0.1) is 13.8 Å². The van der Waals surface area contributed by atoms with Crippen LogP contribution < -0.4 is 4.74 Å². The third-order valence-electron chi connectivity index (χ3n) is 5.57. The fraction of sp³-hybridized carbons (Fsp3) is 0.348. The highest BCUT2D eigenvalue weighted by Gasteiger charge is 2.23. The number of hydrogen-bond acceptors (Lipinski definition) is 2. The van der Waals surface area contributed by atoms with Gasteiger partial charge in [0.2, 0.25) is 5.78 Å². The van der Waals surface area contributed by atoms with Crippen LogP contribution in [0.15, 0.2) is 48.5 Å². The minimum Gasteiger partial charge on any atom is -0.485 e. The first-order chi connectivity index (χ1) is 12.6. The summed E-state index contributed by atoms with van der Waals surface area (Å²) in [5.74, 6) is 0.789. The fourth-order valence-corrected chi connectivity index (χ4v) is 4.27. The van der Waals surface area contributed by atoms with Crippen molar-refractivity contribution >= 4 is 16.6 Å². The van der Waals surface area contributed by atoms with Crippen molar-refractivity contribution in [3.8, 4) is 5.75 Å². The van der Waals surface area contributed by atoms with Crippen molar-refractivity contribution < 1.29 is 9.53 Å². The summed E-state index contributed by atoms with van der Waals surface area (Å²) < 4.78 is 8.16. The van der Waals surface area contributed by atoms with Gasteiger partial charge in [0.25, 0.3) is 0 Å². The Morgan fingerprint density at radius 3 is 2.54 bits per heavy atom. The number of carbonyl (C=O) groups excluding carboxylic acids is 1. The summed E-state index contributed by atoms with van der Waals surface area (Å²) in [6, 6.07) is 16.7. The van der Waals surface area contributed by atoms with E-state index in [1.54, 1.807) is 0 Å². The van der Waals surface area contributed by atoms with Crippen molar-refractivity contribution in [3.05, 3.63) is 65.5 Å². The third-order valence-corrected chi connectivity index (χ3v) is 5.57. The van der Waals surface area contributed by atoms with Gasteiger partial charge in [-0.25, -0.2) is 0 Å². The maximum Gasteiger partial charge on any atom is 0.202 e. The summed E-state index contributed by atoms with van der Waals surface area (Å²) in [5.41, 5.74) is 3.07. The molecular weight excluding hydrogens is 322 g/mol. The zero-order chi connectivity index (χ0) is 18.1. The van der Waals surface area contributed by atoms with Crippen molar-refractivity contribution in [1.29, 1.82) is 0 Å². The minimum absolute atomic E-state index is 0.0514. The first-order valence-electron chi connectivity index (χ1n) is 9.47. The summed E-state index contributed by atoms with van der Waals surface area (Å²) in [6.07, 6.45) is 5.02. The van der Waals surface area contributed by atoms with E-state index in [0.717, 1.165) is 22.4 Å². The first kappa shape index (κ1) is 16.9. The lowest BCUT2D eigenvalue weighted by atomic mass is 10.1. The lowest BCUT2D eigenvalue weighted by Crippen LogP contribution is -2.14. The van der Waals surface area contributed by atoms with E-state index in [1.165, 1.54) is 36.8 Å². The van der Waals surface area contributed by atoms with Crippen molar-refractivity contribution in [2.45, 2.75) is 45.6 Å². The van der Waals surface area contributed by atoms with E-state index in [9.17, 15) is 4.79 Å². The quantitative estimate of drug-likeness (QED) is 0.560. The van der Waals surface area contributed by atoms with Crippen LogP contribution in [0.25, 0.3) is 10.8 Å². The SMILES string of the molecule is Cc1cc(C(=O)COc2ccc3ccccc3c2)c(C)n1C1CCCC1. The number of nitrogens with zero attached hydrogens (tertiary/aromatic N) is 1. The van der Waals surface area contributed by atoms with Crippen LogP contribution in [0.1, 0.15) is 53.5 Å². The van der Waals surface area contributed by atoms with E-state index in [4.69, 9.17) is 4.74 Å². The lowest BCUT2D eigenvalue weighted by molar-refractivity contribution is 0.0921. The van der Waals surface area contributed by atoms with E-state index >= 15 is 0 Å². The number of benzene rings is 2. The zero-order valence-electron chi connectivity index (χ0n) is 15.5. The minimum atomic E-state index is 0.0514. The highest BCUT2D eigenvalue weighted by atomic mass is 16.5. The number of Topliss-reactive ketones (excluding diaryl/α,β-unsaturated/α-hetero) is 1. The third kappa shape index (κ3) is 3.14. The van der Waals surface area contributed by atoms with Gasteiger partial charge >= 0.3 is 0 Å². The van der Waals surface area contributed by atoms with E-state index in [0.29, 0.717) is 6.04 Å². The molecule has 1 heterocycles. The van der Waals surface area contributed by atoms with Crippen molar-refractivity contribution in [3.63, 3.8) is 0 Å². The second-order valence-electron chi connectivity index (χ2n) is 7.31. The smallest absolute Gasteiger partial charge is 0.202 e. The molecule has 0 radical (unpaired) electrons. The predicted octanol–water partition coefficient (Wildman–Crippen LogP) is 5.63. The molecule has 2 aromatic carbocycles. The van der Waals surface area contributed by atoms with Gasteiger partial charge < -0.3 is 9.30 Å². The number of rotatable bonds is 5. The monoisotopic (exact) mass is 347 g/mol. The molecule has 1 aliphatic carbocycles. The molecule has 1 aromatic heterocycles. The van der Waals surface area contributed by atoms with Crippen molar-refractivity contribution in [1.82, 2.24) is 4.57 Å². The molecule has 0 unspecified atom stereocenters. The van der Waals surface area contributed by atoms with E-state index in [2.05, 4.69) is 30.5 Å². The Labute approximate surface area is 154 Å². The van der Waals surface area contributed by atoms with Crippen LogP contribution in [0.4, 0.5) is 0 Å². The van der Waals surface area contributed by atoms with Crippen LogP contribution in [0.5, 0.6) is 5.75 Å². The maximum absolute atomic E-state index is 12.7. The Morgan fingerprint density at radius 1 is 1.04 bits per heavy atom. The van der Waals surface area contributed by atoms with Gasteiger partial charge in [-0.15, -0.1) is 0 Å². The molecule has 3 nitrogen and oxygen atoms in total. The van der Waals surface area contributed by atoms with Gasteiger partial charge in [-0.2, -0.15) is 0 Å². The summed E-state index contributed by atoms with van der Waals surface area (Å²) >= 11 is 0. The number of aromatic nitrogens is 1. The average Bonchev–Trinajstić information content (AvgIpc) is 3.27. The number of ketones is 1. The summed E-state index contributed by atoms with van der Waals surface area (Å²) in [7, 11) is 0. The van der Waals surface area contributed by atoms with Gasteiger partial charge in [0.05, 0.1) is 0 Å². The molecule has 0 atom stereocenters. The molecule has 0 amide bonds. The maximum atomic E-state index is 12.7. The molecule has 4 rings (SSSR count). The number of aryl methyl sites for hydroxylation is 1. The fourth-order valence-electron chi connectivity index (χ4n) is 4.27. The molecule has 1 aliphatic rings. The Balaban J connectivity index is 1.50. The lowest BCUT2D eigenvalue weighted by Gasteiger charge is -2.17. The molecule has 0 saturated heterocycles. The van der Waals surface area contributed by atoms with Gasteiger partial charge in [0.1, 0.15) is 5.75 Å². The Bertz CT molecular complexity index is 948. The molecule has 3 heteroatoms. The van der Waals surface area contributed by atoms with Gasteiger partial charge in [-0.3, -0.25) is 4.79 Å².